The molecule has 0 saturated heterocycles. The molecule has 0 N–H and O–H groups in total. The molecule has 14 heavy (non-hydrogen) atoms. The summed E-state index contributed by atoms with van der Waals surface area (Å²) >= 11 is 6.19. The van der Waals surface area contributed by atoms with Gasteiger partial charge in [-0.15, -0.1) is 0 Å². The van der Waals surface area contributed by atoms with E-state index in [0.29, 0.717) is 5.02 Å². The lowest BCUT2D eigenvalue weighted by Crippen LogP contribution is -2.41. The van der Waals surface area contributed by atoms with Crippen molar-refractivity contribution < 1.29 is 4.39 Å². The van der Waals surface area contributed by atoms with Crippen LogP contribution in [-0.4, -0.2) is 8.07 Å². The van der Waals surface area contributed by atoms with E-state index in [1.54, 1.807) is 6.07 Å². The van der Waals surface area contributed by atoms with Crippen molar-refractivity contribution in [1.29, 1.82) is 0 Å². The van der Waals surface area contributed by atoms with E-state index in [2.05, 4.69) is 19.6 Å². The van der Waals surface area contributed by atoms with Gasteiger partial charge in [0.25, 0.3) is 0 Å². The van der Waals surface area contributed by atoms with Gasteiger partial charge < -0.3 is 0 Å². The fourth-order valence-electron chi connectivity index (χ4n) is 1.56. The molecule has 0 amide bonds. The van der Waals surface area contributed by atoms with Crippen LogP contribution in [0.15, 0.2) is 12.1 Å². The highest BCUT2D eigenvalue weighted by Gasteiger charge is 2.24. The first-order valence-electron chi connectivity index (χ1n) is 4.85. The Morgan fingerprint density at radius 3 is 2.29 bits per heavy atom. The Bertz CT molecular complexity index is 342. The molecule has 78 valence electrons. The first-order valence-corrected chi connectivity index (χ1v) is 8.73. The van der Waals surface area contributed by atoms with E-state index >= 15 is 0 Å². The van der Waals surface area contributed by atoms with Crippen LogP contribution >= 0.6 is 11.6 Å². The lowest BCUT2D eigenvalue weighted by atomic mass is 10.2. The Morgan fingerprint density at radius 2 is 1.86 bits per heavy atom. The van der Waals surface area contributed by atoms with E-state index in [9.17, 15) is 4.39 Å². The molecule has 0 nitrogen and oxygen atoms in total. The standard InChI is InChI=1S/C11H16ClFSi/c1-5-8-6-7-9(13)11(10(8)12)14(2,3)4/h6-7H,5H2,1-4H3. The number of hydrogen-bond acceptors (Lipinski definition) is 0. The van der Waals surface area contributed by atoms with Crippen molar-refractivity contribution in [2.24, 2.45) is 0 Å². The number of rotatable bonds is 2. The van der Waals surface area contributed by atoms with Crippen molar-refractivity contribution in [3.05, 3.63) is 28.5 Å². The minimum absolute atomic E-state index is 0.147. The third-order valence-corrected chi connectivity index (χ3v) is 4.88. The van der Waals surface area contributed by atoms with Crippen molar-refractivity contribution >= 4 is 24.9 Å². The van der Waals surface area contributed by atoms with Gasteiger partial charge in [-0.05, 0) is 23.2 Å². The summed E-state index contributed by atoms with van der Waals surface area (Å²) in [4.78, 5) is 0. The molecular weight excluding hydrogens is 215 g/mol. The normalized spacial score (nSPS) is 11.9. The van der Waals surface area contributed by atoms with Gasteiger partial charge in [-0.3, -0.25) is 0 Å². The van der Waals surface area contributed by atoms with Gasteiger partial charge in [0.15, 0.2) is 0 Å². The monoisotopic (exact) mass is 230 g/mol. The van der Waals surface area contributed by atoms with E-state index < -0.39 is 8.07 Å². The van der Waals surface area contributed by atoms with E-state index in [-0.39, 0.29) is 5.82 Å². The van der Waals surface area contributed by atoms with Crippen molar-refractivity contribution in [1.82, 2.24) is 0 Å². The number of aryl methyl sites for hydroxylation is 1. The van der Waals surface area contributed by atoms with Gasteiger partial charge in [-0.2, -0.15) is 0 Å². The summed E-state index contributed by atoms with van der Waals surface area (Å²) in [6.07, 6.45) is 0.858. The quantitative estimate of drug-likeness (QED) is 0.682. The average molecular weight is 231 g/mol. The molecule has 1 aromatic carbocycles. The van der Waals surface area contributed by atoms with E-state index in [1.807, 2.05) is 6.92 Å². The molecule has 0 fully saturated rings. The maximum Gasteiger partial charge on any atom is 0.123 e. The van der Waals surface area contributed by atoms with Crippen molar-refractivity contribution in [3.63, 3.8) is 0 Å². The smallest absolute Gasteiger partial charge is 0.123 e. The van der Waals surface area contributed by atoms with Gasteiger partial charge in [0.05, 0.1) is 8.07 Å². The van der Waals surface area contributed by atoms with Gasteiger partial charge >= 0.3 is 0 Å². The van der Waals surface area contributed by atoms with Gasteiger partial charge in [0.2, 0.25) is 0 Å². The lowest BCUT2D eigenvalue weighted by Gasteiger charge is -2.20. The van der Waals surface area contributed by atoms with Crippen LogP contribution in [0.25, 0.3) is 0 Å². The first-order chi connectivity index (χ1) is 6.38. The molecule has 3 heteroatoms. The Balaban J connectivity index is 3.40. The van der Waals surface area contributed by atoms with Gasteiger partial charge in [0, 0.05) is 5.02 Å². The second-order valence-electron chi connectivity index (χ2n) is 4.50. The molecule has 0 atom stereocenters. The van der Waals surface area contributed by atoms with Gasteiger partial charge in [-0.1, -0.05) is 44.2 Å². The zero-order chi connectivity index (χ0) is 10.9. The summed E-state index contributed by atoms with van der Waals surface area (Å²) in [7, 11) is -1.68. The highest BCUT2D eigenvalue weighted by atomic mass is 35.5. The zero-order valence-corrected chi connectivity index (χ0v) is 10.9. The van der Waals surface area contributed by atoms with Crippen LogP contribution in [-0.2, 0) is 6.42 Å². The molecular formula is C11H16ClFSi. The van der Waals surface area contributed by atoms with Gasteiger partial charge in [-0.25, -0.2) is 4.39 Å². The van der Waals surface area contributed by atoms with E-state index in [0.717, 1.165) is 17.2 Å². The molecule has 0 spiro atoms. The Hall–Kier alpha value is -0.343. The number of benzene rings is 1. The Labute approximate surface area is 91.1 Å². The van der Waals surface area contributed by atoms with Crippen LogP contribution in [0.5, 0.6) is 0 Å². The molecule has 1 aromatic rings. The summed E-state index contributed by atoms with van der Waals surface area (Å²) in [5, 5.41) is 1.41. The largest absolute Gasteiger partial charge is 0.207 e. The molecule has 0 heterocycles. The lowest BCUT2D eigenvalue weighted by molar-refractivity contribution is 0.634. The zero-order valence-electron chi connectivity index (χ0n) is 9.12. The molecule has 0 radical (unpaired) electrons. The third-order valence-electron chi connectivity index (χ3n) is 2.30. The van der Waals surface area contributed by atoms with Crippen LogP contribution < -0.4 is 5.19 Å². The van der Waals surface area contributed by atoms with Crippen molar-refractivity contribution in [3.8, 4) is 0 Å². The Kier molecular flexibility index (Phi) is 3.38. The minimum Gasteiger partial charge on any atom is -0.207 e. The molecule has 0 aliphatic rings. The van der Waals surface area contributed by atoms with Crippen LogP contribution in [0.3, 0.4) is 0 Å². The molecule has 1 rings (SSSR count). The number of halogens is 2. The predicted octanol–water partition coefficient (Wildman–Crippen LogP) is 3.59. The summed E-state index contributed by atoms with van der Waals surface area (Å²) in [5.74, 6) is -0.147. The summed E-state index contributed by atoms with van der Waals surface area (Å²) in [6.45, 7) is 8.36. The van der Waals surface area contributed by atoms with Gasteiger partial charge in [0.1, 0.15) is 5.82 Å². The van der Waals surface area contributed by atoms with Crippen LogP contribution in [0, 0.1) is 5.82 Å². The third kappa shape index (κ3) is 2.18. The molecule has 0 unspecified atom stereocenters. The molecule has 0 bridgehead atoms. The molecule has 0 saturated carbocycles. The first kappa shape index (κ1) is 11.7. The van der Waals surface area contributed by atoms with E-state index in [1.165, 1.54) is 6.07 Å². The summed E-state index contributed by atoms with van der Waals surface area (Å²) in [5.41, 5.74) is 1.05. The summed E-state index contributed by atoms with van der Waals surface area (Å²) < 4.78 is 13.6. The predicted molar refractivity (Wildman–Crippen MR) is 63.8 cm³/mol. The van der Waals surface area contributed by atoms with Crippen LogP contribution in [0.2, 0.25) is 24.7 Å². The summed E-state index contributed by atoms with van der Waals surface area (Å²) in [6, 6.07) is 3.32. The number of hydrogen-bond donors (Lipinski definition) is 0. The second-order valence-corrected chi connectivity index (χ2v) is 9.88. The van der Waals surface area contributed by atoms with E-state index in [4.69, 9.17) is 11.6 Å². The van der Waals surface area contributed by atoms with Crippen molar-refractivity contribution in [2.45, 2.75) is 33.0 Å². The minimum atomic E-state index is -1.68. The maximum absolute atomic E-state index is 13.6. The topological polar surface area (TPSA) is 0 Å². The van der Waals surface area contributed by atoms with Crippen molar-refractivity contribution in [2.75, 3.05) is 0 Å². The fraction of sp³-hybridized carbons (Fsp3) is 0.455. The highest BCUT2D eigenvalue weighted by molar-refractivity contribution is 6.90. The SMILES string of the molecule is CCc1ccc(F)c([Si](C)(C)C)c1Cl. The van der Waals surface area contributed by atoms with Crippen LogP contribution in [0.4, 0.5) is 4.39 Å². The maximum atomic E-state index is 13.6. The average Bonchev–Trinajstić information content (AvgIpc) is 2.02. The molecule has 0 aliphatic heterocycles. The second kappa shape index (κ2) is 4.03. The molecule has 0 aliphatic carbocycles. The van der Waals surface area contributed by atoms with Crippen LogP contribution in [0.1, 0.15) is 12.5 Å². The Morgan fingerprint density at radius 1 is 1.29 bits per heavy atom. The highest BCUT2D eigenvalue weighted by Crippen LogP contribution is 2.20. The fourth-order valence-corrected chi connectivity index (χ4v) is 4.31. The molecule has 0 aromatic heterocycles.